The van der Waals surface area contributed by atoms with Crippen LogP contribution in [0.15, 0.2) is 11.2 Å². The first-order chi connectivity index (χ1) is 7.93. The van der Waals surface area contributed by atoms with Crippen LogP contribution >= 0.6 is 0 Å². The first-order valence-electron chi connectivity index (χ1n) is 5.31. The molecule has 0 amide bonds. The van der Waals surface area contributed by atoms with Crippen molar-refractivity contribution in [2.24, 2.45) is 0 Å². The number of nitrogens with zero attached hydrogens (tertiary/aromatic N) is 2. The molecule has 1 aliphatic rings. The molecule has 1 aliphatic heterocycles. The largest absolute Gasteiger partial charge is 0.390 e. The molecule has 1 saturated heterocycles. The zero-order valence-corrected chi connectivity index (χ0v) is 10.5. The van der Waals surface area contributed by atoms with Crippen LogP contribution in [0.25, 0.3) is 0 Å². The van der Waals surface area contributed by atoms with E-state index in [9.17, 15) is 13.5 Å². The molecule has 0 unspecified atom stereocenters. The number of aliphatic hydroxyl groups is 1. The smallest absolute Gasteiger partial charge is 0.260 e. The van der Waals surface area contributed by atoms with Crippen LogP contribution in [0.5, 0.6) is 0 Å². The molecule has 1 aromatic rings. The van der Waals surface area contributed by atoms with Crippen LogP contribution < -0.4 is 5.32 Å². The summed E-state index contributed by atoms with van der Waals surface area (Å²) in [5, 5.41) is 12.7. The standard InChI is InChI=1S/C9H16N4O3S/c1-6-11-5-9(12-6)17(15,16)13(2)7-3-10-4-8(7)14/h5,7-8,10,14H,3-4H2,1-2H3,(H,11,12)/t7-,8-/m1/s1. The molecule has 2 heterocycles. The van der Waals surface area contributed by atoms with Gasteiger partial charge in [-0.1, -0.05) is 0 Å². The summed E-state index contributed by atoms with van der Waals surface area (Å²) in [6.07, 6.45) is 0.606. The van der Waals surface area contributed by atoms with Crippen molar-refractivity contribution < 1.29 is 13.5 Å². The average Bonchev–Trinajstić information content (AvgIpc) is 2.86. The minimum Gasteiger partial charge on any atom is -0.390 e. The van der Waals surface area contributed by atoms with Gasteiger partial charge in [-0.05, 0) is 6.92 Å². The van der Waals surface area contributed by atoms with Crippen LogP contribution in [0.4, 0.5) is 0 Å². The van der Waals surface area contributed by atoms with Crippen LogP contribution in [-0.4, -0.2) is 60.1 Å². The third-order valence-electron chi connectivity index (χ3n) is 2.95. The summed E-state index contributed by atoms with van der Waals surface area (Å²) in [5.41, 5.74) is 0. The lowest BCUT2D eigenvalue weighted by Crippen LogP contribution is -2.44. The number of aromatic nitrogens is 2. The molecule has 0 spiro atoms. The van der Waals surface area contributed by atoms with E-state index in [0.29, 0.717) is 18.9 Å². The number of aliphatic hydroxyl groups excluding tert-OH is 1. The molecule has 1 fully saturated rings. The number of aryl methyl sites for hydroxylation is 1. The summed E-state index contributed by atoms with van der Waals surface area (Å²) in [6, 6.07) is -0.441. The quantitative estimate of drug-likeness (QED) is 0.625. The number of hydrogen-bond donors (Lipinski definition) is 3. The number of nitrogens with one attached hydrogen (secondary N) is 2. The maximum atomic E-state index is 12.2. The van der Waals surface area contributed by atoms with Crippen molar-refractivity contribution in [1.82, 2.24) is 19.6 Å². The van der Waals surface area contributed by atoms with Crippen LogP contribution in [0.2, 0.25) is 0 Å². The Balaban J connectivity index is 2.26. The van der Waals surface area contributed by atoms with Gasteiger partial charge in [-0.25, -0.2) is 13.4 Å². The van der Waals surface area contributed by atoms with E-state index in [1.54, 1.807) is 6.92 Å². The van der Waals surface area contributed by atoms with Crippen LogP contribution in [-0.2, 0) is 10.0 Å². The predicted octanol–water partition coefficient (Wildman–Crippen LogP) is -1.33. The molecule has 0 radical (unpaired) electrons. The lowest BCUT2D eigenvalue weighted by molar-refractivity contribution is 0.136. The number of rotatable bonds is 3. The molecule has 3 N–H and O–H groups in total. The summed E-state index contributed by atoms with van der Waals surface area (Å²) in [5.74, 6) is 0.544. The third kappa shape index (κ3) is 2.21. The predicted molar refractivity (Wildman–Crippen MR) is 60.9 cm³/mol. The van der Waals surface area contributed by atoms with Gasteiger partial charge >= 0.3 is 0 Å². The van der Waals surface area contributed by atoms with E-state index in [-0.39, 0.29) is 5.03 Å². The molecule has 7 nitrogen and oxygen atoms in total. The molecule has 0 saturated carbocycles. The Kier molecular flexibility index (Phi) is 3.21. The van der Waals surface area contributed by atoms with Crippen molar-refractivity contribution in [2.45, 2.75) is 24.1 Å². The fraction of sp³-hybridized carbons (Fsp3) is 0.667. The number of aromatic amines is 1. The summed E-state index contributed by atoms with van der Waals surface area (Å²) in [4.78, 5) is 6.56. The number of β-amino-alcohol motifs (C(OH)–C–C–N with tert-alkyl or cyclic N) is 1. The van der Waals surface area contributed by atoms with Crippen molar-refractivity contribution in [3.05, 3.63) is 12.0 Å². The molecule has 0 aromatic carbocycles. The molecule has 1 aromatic heterocycles. The normalized spacial score (nSPS) is 25.6. The van der Waals surface area contributed by atoms with Gasteiger partial charge in [0, 0.05) is 20.1 Å². The second-order valence-electron chi connectivity index (χ2n) is 4.15. The van der Waals surface area contributed by atoms with Crippen LogP contribution in [0.1, 0.15) is 5.82 Å². The zero-order chi connectivity index (χ0) is 12.6. The Hall–Kier alpha value is -0.960. The van der Waals surface area contributed by atoms with E-state index in [2.05, 4.69) is 15.3 Å². The second kappa shape index (κ2) is 4.37. The lowest BCUT2D eigenvalue weighted by atomic mass is 10.2. The summed E-state index contributed by atoms with van der Waals surface area (Å²) < 4.78 is 25.6. The number of imidazole rings is 1. The molecule has 0 bridgehead atoms. The molecule has 96 valence electrons. The average molecular weight is 260 g/mol. The van der Waals surface area contributed by atoms with Gasteiger partial charge in [0.15, 0.2) is 5.03 Å². The SMILES string of the molecule is Cc1ncc(S(=O)(=O)N(C)[C@@H]2CNC[C@H]2O)[nH]1. The molecule has 17 heavy (non-hydrogen) atoms. The Morgan fingerprint density at radius 2 is 2.24 bits per heavy atom. The summed E-state index contributed by atoms with van der Waals surface area (Å²) in [7, 11) is -2.15. The van der Waals surface area contributed by atoms with E-state index < -0.39 is 22.2 Å². The van der Waals surface area contributed by atoms with E-state index in [1.165, 1.54) is 17.5 Å². The van der Waals surface area contributed by atoms with E-state index in [0.717, 1.165) is 0 Å². The maximum absolute atomic E-state index is 12.2. The first kappa shape index (κ1) is 12.5. The zero-order valence-electron chi connectivity index (χ0n) is 9.71. The van der Waals surface area contributed by atoms with Gasteiger partial charge in [0.05, 0.1) is 18.3 Å². The number of hydrogen-bond acceptors (Lipinski definition) is 5. The van der Waals surface area contributed by atoms with Crippen LogP contribution in [0.3, 0.4) is 0 Å². The Morgan fingerprint density at radius 1 is 1.53 bits per heavy atom. The van der Waals surface area contributed by atoms with Gasteiger partial charge < -0.3 is 15.4 Å². The minimum atomic E-state index is -3.62. The molecular weight excluding hydrogens is 244 g/mol. The summed E-state index contributed by atoms with van der Waals surface area (Å²) in [6.45, 7) is 2.54. The van der Waals surface area contributed by atoms with Gasteiger partial charge in [-0.2, -0.15) is 4.31 Å². The molecule has 8 heteroatoms. The van der Waals surface area contributed by atoms with E-state index >= 15 is 0 Å². The van der Waals surface area contributed by atoms with Gasteiger partial charge in [0.25, 0.3) is 10.0 Å². The fourth-order valence-corrected chi connectivity index (χ4v) is 3.23. The van der Waals surface area contributed by atoms with Crippen molar-refractivity contribution in [2.75, 3.05) is 20.1 Å². The van der Waals surface area contributed by atoms with E-state index in [1.807, 2.05) is 0 Å². The number of likely N-dealkylation sites (N-methyl/N-ethyl adjacent to an activating group) is 1. The Bertz CT molecular complexity index is 498. The Morgan fingerprint density at radius 3 is 2.71 bits per heavy atom. The monoisotopic (exact) mass is 260 g/mol. The highest BCUT2D eigenvalue weighted by Gasteiger charge is 2.36. The first-order valence-corrected chi connectivity index (χ1v) is 6.75. The number of sulfonamides is 1. The van der Waals surface area contributed by atoms with Gasteiger partial charge in [0.1, 0.15) is 5.82 Å². The number of H-pyrrole nitrogens is 1. The van der Waals surface area contributed by atoms with Crippen molar-refractivity contribution in [1.29, 1.82) is 0 Å². The Labute approximate surface area is 99.9 Å². The van der Waals surface area contributed by atoms with Gasteiger partial charge in [-0.3, -0.25) is 0 Å². The molecular formula is C9H16N4O3S. The van der Waals surface area contributed by atoms with E-state index in [4.69, 9.17) is 0 Å². The highest BCUT2D eigenvalue weighted by atomic mass is 32.2. The molecule has 2 atom stereocenters. The topological polar surface area (TPSA) is 98.3 Å². The third-order valence-corrected chi connectivity index (χ3v) is 4.75. The van der Waals surface area contributed by atoms with Crippen molar-refractivity contribution >= 4 is 10.0 Å². The fourth-order valence-electron chi connectivity index (χ4n) is 1.88. The van der Waals surface area contributed by atoms with Gasteiger partial charge in [0.2, 0.25) is 0 Å². The lowest BCUT2D eigenvalue weighted by Gasteiger charge is -2.24. The molecule has 2 rings (SSSR count). The maximum Gasteiger partial charge on any atom is 0.260 e. The minimum absolute atomic E-state index is 0.0524. The highest BCUT2D eigenvalue weighted by Crippen LogP contribution is 2.17. The van der Waals surface area contributed by atoms with Crippen LogP contribution in [0, 0.1) is 6.92 Å². The molecule has 0 aliphatic carbocycles. The van der Waals surface area contributed by atoms with Gasteiger partial charge in [-0.15, -0.1) is 0 Å². The highest BCUT2D eigenvalue weighted by molar-refractivity contribution is 7.89. The summed E-state index contributed by atoms with van der Waals surface area (Å²) >= 11 is 0. The second-order valence-corrected chi connectivity index (χ2v) is 6.11. The van der Waals surface area contributed by atoms with Crippen molar-refractivity contribution in [3.8, 4) is 0 Å². The van der Waals surface area contributed by atoms with Crippen molar-refractivity contribution in [3.63, 3.8) is 0 Å².